The van der Waals surface area contributed by atoms with Gasteiger partial charge in [-0.1, -0.05) is 20.8 Å². The van der Waals surface area contributed by atoms with Crippen LogP contribution >= 0.6 is 0 Å². The van der Waals surface area contributed by atoms with Crippen LogP contribution in [0, 0.1) is 30.1 Å². The summed E-state index contributed by atoms with van der Waals surface area (Å²) < 4.78 is 6.14. The molecule has 0 aliphatic heterocycles. The van der Waals surface area contributed by atoms with E-state index in [2.05, 4.69) is 45.7 Å². The van der Waals surface area contributed by atoms with Gasteiger partial charge in [0.1, 0.15) is 0 Å². The van der Waals surface area contributed by atoms with Crippen LogP contribution in [0.1, 0.15) is 33.6 Å². The second-order valence-corrected chi connectivity index (χ2v) is 11.3. The van der Waals surface area contributed by atoms with Gasteiger partial charge in [-0.05, 0) is 18.1 Å². The lowest BCUT2D eigenvalue weighted by molar-refractivity contribution is 0.0677. The lowest BCUT2D eigenvalue weighted by atomic mass is 9.83. The van der Waals surface area contributed by atoms with Gasteiger partial charge >= 0.3 is 0 Å². The summed E-state index contributed by atoms with van der Waals surface area (Å²) in [5.74, 6) is 5.20. The Balaban J connectivity index is 4.84. The number of aliphatic hydroxyl groups is 1. The van der Waals surface area contributed by atoms with E-state index in [-0.39, 0.29) is 11.6 Å². The van der Waals surface area contributed by atoms with Gasteiger partial charge < -0.3 is 9.53 Å². The van der Waals surface area contributed by atoms with Crippen LogP contribution in [0.25, 0.3) is 0 Å². The van der Waals surface area contributed by atoms with E-state index in [1.165, 1.54) is 0 Å². The second kappa shape index (κ2) is 6.43. The highest BCUT2D eigenvalue weighted by Crippen LogP contribution is 2.38. The van der Waals surface area contributed by atoms with Crippen molar-refractivity contribution in [3.05, 3.63) is 0 Å². The van der Waals surface area contributed by atoms with Crippen LogP contribution in [-0.2, 0) is 4.43 Å². The fourth-order valence-electron chi connectivity index (χ4n) is 1.31. The van der Waals surface area contributed by atoms with Gasteiger partial charge in [0.05, 0.1) is 6.61 Å². The number of hydrogen-bond acceptors (Lipinski definition) is 2. The first-order valence-electron chi connectivity index (χ1n) is 6.26. The zero-order valence-electron chi connectivity index (χ0n) is 12.3. The van der Waals surface area contributed by atoms with Crippen LogP contribution in [0.3, 0.4) is 0 Å². The van der Waals surface area contributed by atoms with E-state index in [1.54, 1.807) is 0 Å². The molecule has 0 amide bonds. The van der Waals surface area contributed by atoms with Crippen LogP contribution in [0.5, 0.6) is 0 Å². The number of terminal acetylenes is 2. The summed E-state index contributed by atoms with van der Waals surface area (Å²) in [4.78, 5) is 0. The van der Waals surface area contributed by atoms with Gasteiger partial charge in [0.15, 0.2) is 8.32 Å². The zero-order chi connectivity index (χ0) is 14.4. The van der Waals surface area contributed by atoms with E-state index >= 15 is 0 Å². The van der Waals surface area contributed by atoms with Crippen molar-refractivity contribution in [2.45, 2.75) is 51.7 Å². The highest BCUT2D eigenvalue weighted by Gasteiger charge is 2.40. The first-order valence-corrected chi connectivity index (χ1v) is 9.17. The molecular weight excluding hydrogens is 240 g/mol. The SMILES string of the molecule is C#CCC(CO)(CC#C)CO[Si](C)(C)C(C)(C)C. The summed E-state index contributed by atoms with van der Waals surface area (Å²) >= 11 is 0. The van der Waals surface area contributed by atoms with Crippen molar-refractivity contribution in [2.75, 3.05) is 13.2 Å². The fraction of sp³-hybridized carbons (Fsp3) is 0.733. The van der Waals surface area contributed by atoms with Gasteiger partial charge in [0.25, 0.3) is 0 Å². The molecule has 0 saturated heterocycles. The maximum absolute atomic E-state index is 9.58. The van der Waals surface area contributed by atoms with Crippen LogP contribution in [0.15, 0.2) is 0 Å². The van der Waals surface area contributed by atoms with Crippen molar-refractivity contribution in [3.8, 4) is 24.7 Å². The Labute approximate surface area is 113 Å². The molecule has 0 rings (SSSR count). The summed E-state index contributed by atoms with van der Waals surface area (Å²) in [5, 5.41) is 9.72. The highest BCUT2D eigenvalue weighted by molar-refractivity contribution is 6.74. The van der Waals surface area contributed by atoms with Crippen molar-refractivity contribution >= 4 is 8.32 Å². The van der Waals surface area contributed by atoms with E-state index in [0.717, 1.165) is 0 Å². The Kier molecular flexibility index (Phi) is 6.17. The Hall–Kier alpha value is -0.743. The van der Waals surface area contributed by atoms with Crippen molar-refractivity contribution in [2.24, 2.45) is 5.41 Å². The molecule has 0 aliphatic rings. The third-order valence-corrected chi connectivity index (χ3v) is 8.31. The van der Waals surface area contributed by atoms with Gasteiger partial charge in [-0.15, -0.1) is 24.7 Å². The van der Waals surface area contributed by atoms with E-state index in [0.29, 0.717) is 19.4 Å². The Morgan fingerprint density at radius 2 is 1.56 bits per heavy atom. The number of rotatable bonds is 6. The van der Waals surface area contributed by atoms with E-state index in [9.17, 15) is 5.11 Å². The average Bonchev–Trinajstić information content (AvgIpc) is 2.25. The van der Waals surface area contributed by atoms with Crippen LogP contribution in [0.4, 0.5) is 0 Å². The minimum atomic E-state index is -1.84. The molecule has 0 aromatic carbocycles. The minimum Gasteiger partial charge on any atom is -0.416 e. The monoisotopic (exact) mass is 266 g/mol. The lowest BCUT2D eigenvalue weighted by Gasteiger charge is -2.39. The van der Waals surface area contributed by atoms with Crippen molar-refractivity contribution in [1.29, 1.82) is 0 Å². The van der Waals surface area contributed by atoms with Gasteiger partial charge in [-0.2, -0.15) is 0 Å². The minimum absolute atomic E-state index is 0.0317. The second-order valence-electron chi connectivity index (χ2n) is 6.47. The summed E-state index contributed by atoms with van der Waals surface area (Å²) in [7, 11) is -1.84. The molecule has 18 heavy (non-hydrogen) atoms. The highest BCUT2D eigenvalue weighted by atomic mass is 28.4. The van der Waals surface area contributed by atoms with Crippen molar-refractivity contribution in [3.63, 3.8) is 0 Å². The Bertz CT molecular complexity index is 323. The molecule has 0 spiro atoms. The van der Waals surface area contributed by atoms with E-state index in [1.807, 2.05) is 0 Å². The first kappa shape index (κ1) is 17.3. The smallest absolute Gasteiger partial charge is 0.192 e. The molecule has 0 unspecified atom stereocenters. The average molecular weight is 266 g/mol. The third-order valence-electron chi connectivity index (χ3n) is 3.83. The predicted octanol–water partition coefficient (Wildman–Crippen LogP) is 3.03. The van der Waals surface area contributed by atoms with Gasteiger partial charge in [-0.25, -0.2) is 0 Å². The topological polar surface area (TPSA) is 29.5 Å². The fourth-order valence-corrected chi connectivity index (χ4v) is 2.41. The van der Waals surface area contributed by atoms with Gasteiger partial charge in [0.2, 0.25) is 0 Å². The molecule has 0 saturated carbocycles. The van der Waals surface area contributed by atoms with Crippen LogP contribution < -0.4 is 0 Å². The Morgan fingerprint density at radius 1 is 1.11 bits per heavy atom. The van der Waals surface area contributed by atoms with Crippen LogP contribution in [0.2, 0.25) is 18.1 Å². The third kappa shape index (κ3) is 4.50. The summed E-state index contributed by atoms with van der Waals surface area (Å²) in [6, 6.07) is 0. The largest absolute Gasteiger partial charge is 0.416 e. The molecule has 3 heteroatoms. The number of aliphatic hydroxyl groups excluding tert-OH is 1. The maximum Gasteiger partial charge on any atom is 0.192 e. The molecule has 0 bridgehead atoms. The molecule has 0 fully saturated rings. The number of hydrogen-bond donors (Lipinski definition) is 1. The van der Waals surface area contributed by atoms with E-state index < -0.39 is 13.7 Å². The van der Waals surface area contributed by atoms with Crippen molar-refractivity contribution < 1.29 is 9.53 Å². The normalized spacial score (nSPS) is 12.9. The molecule has 0 heterocycles. The summed E-state index contributed by atoms with van der Waals surface area (Å²) in [5.41, 5.74) is -0.487. The van der Waals surface area contributed by atoms with Crippen LogP contribution in [-0.4, -0.2) is 26.6 Å². The molecular formula is C15H26O2Si. The molecule has 1 N–H and O–H groups in total. The molecule has 0 aromatic rings. The van der Waals surface area contributed by atoms with E-state index in [4.69, 9.17) is 17.3 Å². The summed E-state index contributed by atoms with van der Waals surface area (Å²) in [6.07, 6.45) is 11.6. The summed E-state index contributed by atoms with van der Waals surface area (Å²) in [6.45, 7) is 11.3. The molecule has 0 atom stereocenters. The molecule has 0 radical (unpaired) electrons. The molecule has 0 aliphatic carbocycles. The van der Waals surface area contributed by atoms with Gasteiger partial charge in [0, 0.05) is 24.9 Å². The quantitative estimate of drug-likeness (QED) is 0.591. The Morgan fingerprint density at radius 3 is 1.83 bits per heavy atom. The maximum atomic E-state index is 9.58. The van der Waals surface area contributed by atoms with Gasteiger partial charge in [-0.3, -0.25) is 0 Å². The standard InChI is InChI=1S/C15H26O2Si/c1-8-10-15(12-16,11-9-2)13-17-18(6,7)14(3,4)5/h1-2,16H,10-13H2,3-7H3. The first-order chi connectivity index (χ1) is 8.14. The lowest BCUT2D eigenvalue weighted by Crippen LogP contribution is -2.44. The molecule has 102 valence electrons. The molecule has 0 aromatic heterocycles. The zero-order valence-corrected chi connectivity index (χ0v) is 13.3. The molecule has 2 nitrogen and oxygen atoms in total. The van der Waals surface area contributed by atoms with Crippen molar-refractivity contribution in [1.82, 2.24) is 0 Å². The predicted molar refractivity (Wildman–Crippen MR) is 79.6 cm³/mol.